The van der Waals surface area contributed by atoms with E-state index in [-0.39, 0.29) is 0 Å². The van der Waals surface area contributed by atoms with Crippen molar-refractivity contribution in [3.05, 3.63) is 0 Å². The van der Waals surface area contributed by atoms with Crippen molar-refractivity contribution in [1.82, 2.24) is 10.2 Å². The molecule has 0 saturated heterocycles. The zero-order chi connectivity index (χ0) is 12.9. The van der Waals surface area contributed by atoms with E-state index in [1.54, 1.807) is 0 Å². The SMILES string of the molecule is CCC1CCC(NCC(C)(O)CN(C)C)CC1. The first kappa shape index (κ1) is 14.9. The Balaban J connectivity index is 2.22. The van der Waals surface area contributed by atoms with Crippen LogP contribution < -0.4 is 5.32 Å². The molecule has 0 heterocycles. The summed E-state index contributed by atoms with van der Waals surface area (Å²) in [5.41, 5.74) is -0.620. The smallest absolute Gasteiger partial charge is 0.0869 e. The number of rotatable bonds is 6. The molecule has 0 aliphatic heterocycles. The van der Waals surface area contributed by atoms with Gasteiger partial charge in [-0.1, -0.05) is 13.3 Å². The van der Waals surface area contributed by atoms with Crippen LogP contribution in [0.25, 0.3) is 0 Å². The quantitative estimate of drug-likeness (QED) is 0.746. The molecular formula is C14H30N2O. The summed E-state index contributed by atoms with van der Waals surface area (Å²) < 4.78 is 0. The van der Waals surface area contributed by atoms with E-state index in [9.17, 15) is 5.11 Å². The van der Waals surface area contributed by atoms with Crippen molar-refractivity contribution in [3.63, 3.8) is 0 Å². The fourth-order valence-corrected chi connectivity index (χ4v) is 2.88. The Hall–Kier alpha value is -0.120. The minimum atomic E-state index is -0.620. The summed E-state index contributed by atoms with van der Waals surface area (Å²) in [6.45, 7) is 5.62. The molecule has 1 unspecified atom stereocenters. The van der Waals surface area contributed by atoms with Gasteiger partial charge in [0.25, 0.3) is 0 Å². The van der Waals surface area contributed by atoms with Crippen LogP contribution in [0.5, 0.6) is 0 Å². The van der Waals surface area contributed by atoms with Gasteiger partial charge in [-0.3, -0.25) is 0 Å². The van der Waals surface area contributed by atoms with Crippen LogP contribution in [0.4, 0.5) is 0 Å². The van der Waals surface area contributed by atoms with Crippen LogP contribution in [-0.2, 0) is 0 Å². The average Bonchev–Trinajstić information content (AvgIpc) is 2.25. The summed E-state index contributed by atoms with van der Waals surface area (Å²) in [6, 6.07) is 0.617. The van der Waals surface area contributed by atoms with Crippen molar-refractivity contribution in [2.24, 2.45) is 5.92 Å². The fraction of sp³-hybridized carbons (Fsp3) is 1.00. The molecule has 1 aliphatic carbocycles. The van der Waals surface area contributed by atoms with Gasteiger partial charge in [0.05, 0.1) is 5.60 Å². The molecule has 0 aromatic carbocycles. The Morgan fingerprint density at radius 2 is 1.82 bits per heavy atom. The molecule has 0 spiro atoms. The van der Waals surface area contributed by atoms with Crippen LogP contribution in [-0.4, -0.2) is 48.8 Å². The minimum absolute atomic E-state index is 0.617. The highest BCUT2D eigenvalue weighted by atomic mass is 16.3. The minimum Gasteiger partial charge on any atom is -0.388 e. The summed E-state index contributed by atoms with van der Waals surface area (Å²) >= 11 is 0. The van der Waals surface area contributed by atoms with E-state index in [1.165, 1.54) is 32.1 Å². The van der Waals surface area contributed by atoms with Crippen LogP contribution in [0, 0.1) is 5.92 Å². The Morgan fingerprint density at radius 1 is 1.24 bits per heavy atom. The summed E-state index contributed by atoms with van der Waals surface area (Å²) in [5.74, 6) is 0.940. The standard InChI is InChI=1S/C14H30N2O/c1-5-12-6-8-13(9-7-12)15-10-14(2,17)11-16(3)4/h12-13,15,17H,5-11H2,1-4H3. The summed E-state index contributed by atoms with van der Waals surface area (Å²) in [6.07, 6.45) is 6.58. The second-order valence-corrected chi connectivity index (χ2v) is 6.24. The van der Waals surface area contributed by atoms with E-state index in [2.05, 4.69) is 12.2 Å². The van der Waals surface area contributed by atoms with Gasteiger partial charge < -0.3 is 15.3 Å². The number of hydrogen-bond donors (Lipinski definition) is 2. The van der Waals surface area contributed by atoms with Crippen molar-refractivity contribution in [3.8, 4) is 0 Å². The highest BCUT2D eigenvalue weighted by molar-refractivity contribution is 4.83. The van der Waals surface area contributed by atoms with E-state index in [1.807, 2.05) is 25.9 Å². The molecule has 0 aromatic heterocycles. The van der Waals surface area contributed by atoms with Gasteiger partial charge in [-0.05, 0) is 52.6 Å². The molecule has 3 nitrogen and oxygen atoms in total. The fourth-order valence-electron chi connectivity index (χ4n) is 2.88. The molecule has 1 atom stereocenters. The maximum absolute atomic E-state index is 10.2. The van der Waals surface area contributed by atoms with Gasteiger partial charge in [0.1, 0.15) is 0 Å². The van der Waals surface area contributed by atoms with Gasteiger partial charge >= 0.3 is 0 Å². The number of hydrogen-bond acceptors (Lipinski definition) is 3. The topological polar surface area (TPSA) is 35.5 Å². The lowest BCUT2D eigenvalue weighted by atomic mass is 9.84. The lowest BCUT2D eigenvalue weighted by Crippen LogP contribution is -2.48. The van der Waals surface area contributed by atoms with Crippen molar-refractivity contribution in [2.45, 2.75) is 57.6 Å². The third-order valence-electron chi connectivity index (χ3n) is 3.85. The largest absolute Gasteiger partial charge is 0.388 e. The second-order valence-electron chi connectivity index (χ2n) is 6.24. The maximum atomic E-state index is 10.2. The molecule has 3 heteroatoms. The molecule has 1 fully saturated rings. The van der Waals surface area contributed by atoms with E-state index in [4.69, 9.17) is 0 Å². The van der Waals surface area contributed by atoms with Gasteiger partial charge in [0.2, 0.25) is 0 Å². The molecule has 0 radical (unpaired) electrons. The Kier molecular flexibility index (Phi) is 5.90. The molecule has 2 N–H and O–H groups in total. The first-order valence-electron chi connectivity index (χ1n) is 7.03. The number of nitrogens with zero attached hydrogens (tertiary/aromatic N) is 1. The molecule has 17 heavy (non-hydrogen) atoms. The summed E-state index contributed by atoms with van der Waals surface area (Å²) in [7, 11) is 4.00. The summed E-state index contributed by atoms with van der Waals surface area (Å²) in [4.78, 5) is 2.04. The molecule has 1 aliphatic rings. The van der Waals surface area contributed by atoms with Crippen LogP contribution >= 0.6 is 0 Å². The Bertz CT molecular complexity index is 208. The van der Waals surface area contributed by atoms with Crippen LogP contribution in [0.3, 0.4) is 0 Å². The predicted octanol–water partition coefficient (Wildman–Crippen LogP) is 1.86. The van der Waals surface area contributed by atoms with E-state index in [0.29, 0.717) is 19.1 Å². The summed E-state index contributed by atoms with van der Waals surface area (Å²) in [5, 5.41) is 13.7. The van der Waals surface area contributed by atoms with Crippen LogP contribution in [0.1, 0.15) is 46.0 Å². The molecule has 102 valence electrons. The highest BCUT2D eigenvalue weighted by Crippen LogP contribution is 2.26. The van der Waals surface area contributed by atoms with Crippen LogP contribution in [0.2, 0.25) is 0 Å². The maximum Gasteiger partial charge on any atom is 0.0869 e. The zero-order valence-electron chi connectivity index (χ0n) is 12.0. The molecular weight excluding hydrogens is 212 g/mol. The predicted molar refractivity (Wildman–Crippen MR) is 73.2 cm³/mol. The first-order chi connectivity index (χ1) is 7.93. The van der Waals surface area contributed by atoms with Gasteiger partial charge in [0.15, 0.2) is 0 Å². The lowest BCUT2D eigenvalue weighted by Gasteiger charge is -2.33. The van der Waals surface area contributed by atoms with Gasteiger partial charge in [-0.2, -0.15) is 0 Å². The molecule has 0 bridgehead atoms. The van der Waals surface area contributed by atoms with Gasteiger partial charge in [-0.15, -0.1) is 0 Å². The third kappa shape index (κ3) is 5.84. The normalized spacial score (nSPS) is 29.3. The first-order valence-corrected chi connectivity index (χ1v) is 7.03. The lowest BCUT2D eigenvalue weighted by molar-refractivity contribution is 0.0296. The molecule has 0 aromatic rings. The van der Waals surface area contributed by atoms with Crippen molar-refractivity contribution in [2.75, 3.05) is 27.2 Å². The van der Waals surface area contributed by atoms with E-state index < -0.39 is 5.60 Å². The number of nitrogens with one attached hydrogen (secondary N) is 1. The average molecular weight is 242 g/mol. The third-order valence-corrected chi connectivity index (χ3v) is 3.85. The van der Waals surface area contributed by atoms with E-state index in [0.717, 1.165) is 5.92 Å². The molecule has 1 rings (SSSR count). The number of aliphatic hydroxyl groups is 1. The van der Waals surface area contributed by atoms with Crippen molar-refractivity contribution < 1.29 is 5.11 Å². The second kappa shape index (κ2) is 6.72. The van der Waals surface area contributed by atoms with Crippen molar-refractivity contribution >= 4 is 0 Å². The van der Waals surface area contributed by atoms with Crippen LogP contribution in [0.15, 0.2) is 0 Å². The Labute approximate surface area is 107 Å². The monoisotopic (exact) mass is 242 g/mol. The van der Waals surface area contributed by atoms with Gasteiger partial charge in [0, 0.05) is 19.1 Å². The Morgan fingerprint density at radius 3 is 2.29 bits per heavy atom. The highest BCUT2D eigenvalue weighted by Gasteiger charge is 2.25. The van der Waals surface area contributed by atoms with Crippen molar-refractivity contribution in [1.29, 1.82) is 0 Å². The zero-order valence-corrected chi connectivity index (χ0v) is 12.0. The number of likely N-dealkylation sites (N-methyl/N-ethyl adjacent to an activating group) is 1. The molecule has 0 amide bonds. The molecule has 1 saturated carbocycles. The van der Waals surface area contributed by atoms with Gasteiger partial charge in [-0.25, -0.2) is 0 Å². The van der Waals surface area contributed by atoms with E-state index >= 15 is 0 Å².